The van der Waals surface area contributed by atoms with Crippen molar-refractivity contribution in [1.82, 2.24) is 5.32 Å². The highest BCUT2D eigenvalue weighted by atomic mass is 32.2. The monoisotopic (exact) mass is 362 g/mol. The molecule has 0 saturated heterocycles. The summed E-state index contributed by atoms with van der Waals surface area (Å²) in [7, 11) is -3.71. The maximum absolute atomic E-state index is 12.3. The average Bonchev–Trinajstić information content (AvgIpc) is 2.58. The van der Waals surface area contributed by atoms with E-state index in [0.717, 1.165) is 11.1 Å². The fourth-order valence-corrected chi connectivity index (χ4v) is 2.78. The van der Waals surface area contributed by atoms with Crippen molar-refractivity contribution in [2.75, 3.05) is 0 Å². The first-order valence-electron chi connectivity index (χ1n) is 7.93. The van der Waals surface area contributed by atoms with Gasteiger partial charge in [0.05, 0.1) is 4.90 Å². The van der Waals surface area contributed by atoms with E-state index < -0.39 is 16.1 Å². The lowest BCUT2D eigenvalue weighted by Gasteiger charge is -2.18. The molecule has 1 unspecified atom stereocenters. The van der Waals surface area contributed by atoms with E-state index in [4.69, 9.17) is 9.88 Å². The Labute approximate surface area is 148 Å². The minimum absolute atomic E-state index is 0.0388. The molecule has 3 N–H and O–H groups in total. The minimum Gasteiger partial charge on any atom is -0.480 e. The van der Waals surface area contributed by atoms with Gasteiger partial charge in [-0.2, -0.15) is 0 Å². The van der Waals surface area contributed by atoms with Crippen LogP contribution in [0.15, 0.2) is 53.4 Å². The normalized spacial score (nSPS) is 12.4. The third-order valence-electron chi connectivity index (χ3n) is 3.74. The number of hydrogen-bond acceptors (Lipinski definition) is 4. The molecule has 2 aromatic carbocycles. The van der Waals surface area contributed by atoms with Gasteiger partial charge in [0.25, 0.3) is 5.91 Å². The van der Waals surface area contributed by atoms with Gasteiger partial charge < -0.3 is 10.1 Å². The number of primary sulfonamides is 1. The predicted octanol–water partition coefficient (Wildman–Crippen LogP) is 2.12. The number of nitrogens with one attached hydrogen (secondary N) is 1. The van der Waals surface area contributed by atoms with Crippen LogP contribution in [0.25, 0.3) is 0 Å². The number of hydrogen-bond donors (Lipinski definition) is 2. The number of carbonyl (C=O) groups is 1. The first kappa shape index (κ1) is 19.0. The van der Waals surface area contributed by atoms with Crippen LogP contribution < -0.4 is 15.2 Å². The Balaban J connectivity index is 1.97. The van der Waals surface area contributed by atoms with Crippen molar-refractivity contribution in [2.24, 2.45) is 5.14 Å². The molecule has 2 rings (SSSR count). The quantitative estimate of drug-likeness (QED) is 0.788. The van der Waals surface area contributed by atoms with Gasteiger partial charge in [-0.3, -0.25) is 4.79 Å². The second-order valence-electron chi connectivity index (χ2n) is 5.69. The first-order valence-corrected chi connectivity index (χ1v) is 9.47. The third-order valence-corrected chi connectivity index (χ3v) is 4.67. The summed E-state index contributed by atoms with van der Waals surface area (Å²) in [6, 6.07) is 13.6. The summed E-state index contributed by atoms with van der Waals surface area (Å²) in [5, 5.41) is 7.86. The number of amides is 1. The highest BCUT2D eigenvalue weighted by molar-refractivity contribution is 7.89. The molecule has 0 aliphatic carbocycles. The molecular formula is C18H22N2O4S. The van der Waals surface area contributed by atoms with E-state index >= 15 is 0 Å². The molecule has 2 aromatic rings. The molecule has 25 heavy (non-hydrogen) atoms. The molecule has 0 aromatic heterocycles. The van der Waals surface area contributed by atoms with Gasteiger partial charge in [0.15, 0.2) is 6.10 Å². The summed E-state index contributed by atoms with van der Waals surface area (Å²) < 4.78 is 28.3. The average molecular weight is 362 g/mol. The number of benzene rings is 2. The molecule has 0 radical (unpaired) electrons. The van der Waals surface area contributed by atoms with Gasteiger partial charge in [0.1, 0.15) is 5.75 Å². The van der Waals surface area contributed by atoms with E-state index in [9.17, 15) is 13.2 Å². The van der Waals surface area contributed by atoms with E-state index in [2.05, 4.69) is 5.32 Å². The Morgan fingerprint density at radius 3 is 2.36 bits per heavy atom. The number of rotatable bonds is 7. The Morgan fingerprint density at radius 2 is 1.80 bits per heavy atom. The highest BCUT2D eigenvalue weighted by Gasteiger charge is 2.18. The largest absolute Gasteiger partial charge is 0.480 e. The van der Waals surface area contributed by atoms with Gasteiger partial charge in [0.2, 0.25) is 10.0 Å². The van der Waals surface area contributed by atoms with E-state index in [1.165, 1.54) is 12.1 Å². The lowest BCUT2D eigenvalue weighted by Crippen LogP contribution is -2.37. The molecule has 134 valence electrons. The Bertz CT molecular complexity index is 832. The molecule has 0 saturated carbocycles. The molecule has 0 bridgehead atoms. The molecule has 1 atom stereocenters. The van der Waals surface area contributed by atoms with Crippen LogP contribution in [0.3, 0.4) is 0 Å². The number of ether oxygens (including phenoxy) is 1. The highest BCUT2D eigenvalue weighted by Crippen LogP contribution is 2.19. The molecule has 0 aliphatic rings. The zero-order valence-electron chi connectivity index (χ0n) is 14.2. The van der Waals surface area contributed by atoms with Gasteiger partial charge in [-0.05, 0) is 42.7 Å². The van der Waals surface area contributed by atoms with E-state index in [0.29, 0.717) is 12.2 Å². The minimum atomic E-state index is -3.71. The van der Waals surface area contributed by atoms with Crippen molar-refractivity contribution in [3.05, 3.63) is 59.7 Å². The first-order chi connectivity index (χ1) is 11.8. The van der Waals surface area contributed by atoms with Gasteiger partial charge in [-0.15, -0.1) is 0 Å². The summed E-state index contributed by atoms with van der Waals surface area (Å²) in [6.07, 6.45) is -0.0605. The van der Waals surface area contributed by atoms with Crippen LogP contribution in [0.4, 0.5) is 0 Å². The molecule has 1 amide bonds. The maximum atomic E-state index is 12.3. The van der Waals surface area contributed by atoms with Crippen LogP contribution in [0.1, 0.15) is 24.5 Å². The lowest BCUT2D eigenvalue weighted by atomic mass is 10.2. The predicted molar refractivity (Wildman–Crippen MR) is 95.5 cm³/mol. The zero-order chi connectivity index (χ0) is 18.4. The summed E-state index contributed by atoms with van der Waals surface area (Å²) >= 11 is 0. The smallest absolute Gasteiger partial charge is 0.261 e. The second-order valence-corrected chi connectivity index (χ2v) is 7.25. The fourth-order valence-electron chi connectivity index (χ4n) is 2.26. The van der Waals surface area contributed by atoms with Crippen molar-refractivity contribution in [3.8, 4) is 5.75 Å². The van der Waals surface area contributed by atoms with Gasteiger partial charge in [-0.1, -0.05) is 37.3 Å². The molecular weight excluding hydrogens is 340 g/mol. The lowest BCUT2D eigenvalue weighted by molar-refractivity contribution is -0.128. The summed E-state index contributed by atoms with van der Waals surface area (Å²) in [4.78, 5) is 12.4. The van der Waals surface area contributed by atoms with Crippen LogP contribution in [-0.4, -0.2) is 20.4 Å². The number of para-hydroxylation sites is 1. The van der Waals surface area contributed by atoms with Gasteiger partial charge in [0, 0.05) is 6.54 Å². The number of nitrogens with two attached hydrogens (primary N) is 1. The number of carbonyl (C=O) groups excluding carboxylic acids is 1. The van der Waals surface area contributed by atoms with Crippen LogP contribution in [0.5, 0.6) is 5.75 Å². The molecule has 6 nitrogen and oxygen atoms in total. The summed E-state index contributed by atoms with van der Waals surface area (Å²) in [6.45, 7) is 4.08. The van der Waals surface area contributed by atoms with Gasteiger partial charge >= 0.3 is 0 Å². The Hall–Kier alpha value is -2.38. The summed E-state index contributed by atoms with van der Waals surface area (Å²) in [5.74, 6) is 0.461. The maximum Gasteiger partial charge on any atom is 0.261 e. The molecule has 7 heteroatoms. The number of sulfonamides is 1. The molecule has 0 spiro atoms. The van der Waals surface area contributed by atoms with Crippen LogP contribution >= 0.6 is 0 Å². The Kier molecular flexibility index (Phi) is 6.17. The molecule has 0 fully saturated rings. The SMILES string of the molecule is CCC(Oc1ccccc1C)C(=O)NCc1ccc(S(N)(=O)=O)cc1. The van der Waals surface area contributed by atoms with Crippen molar-refractivity contribution >= 4 is 15.9 Å². The van der Waals surface area contributed by atoms with Crippen LogP contribution in [0.2, 0.25) is 0 Å². The van der Waals surface area contributed by atoms with Crippen molar-refractivity contribution < 1.29 is 17.9 Å². The third kappa shape index (κ3) is 5.30. The van der Waals surface area contributed by atoms with Crippen LogP contribution in [-0.2, 0) is 21.4 Å². The van der Waals surface area contributed by atoms with Crippen molar-refractivity contribution in [2.45, 2.75) is 37.8 Å². The van der Waals surface area contributed by atoms with E-state index in [1.807, 2.05) is 38.1 Å². The Morgan fingerprint density at radius 1 is 1.16 bits per heavy atom. The van der Waals surface area contributed by atoms with Crippen LogP contribution in [0, 0.1) is 6.92 Å². The summed E-state index contributed by atoms with van der Waals surface area (Å²) in [5.41, 5.74) is 1.74. The number of aryl methyl sites for hydroxylation is 1. The van der Waals surface area contributed by atoms with Crippen molar-refractivity contribution in [3.63, 3.8) is 0 Å². The van der Waals surface area contributed by atoms with Gasteiger partial charge in [-0.25, -0.2) is 13.6 Å². The fraction of sp³-hybridized carbons (Fsp3) is 0.278. The second kappa shape index (κ2) is 8.13. The van der Waals surface area contributed by atoms with E-state index in [-0.39, 0.29) is 17.3 Å². The molecule has 0 aliphatic heterocycles. The molecule has 0 heterocycles. The zero-order valence-corrected chi connectivity index (χ0v) is 15.0. The standard InChI is InChI=1S/C18H22N2O4S/c1-3-16(24-17-7-5-4-6-13(17)2)18(21)20-12-14-8-10-15(11-9-14)25(19,22)23/h4-11,16H,3,12H2,1-2H3,(H,20,21)(H2,19,22,23). The topological polar surface area (TPSA) is 98.5 Å². The van der Waals surface area contributed by atoms with E-state index in [1.54, 1.807) is 12.1 Å². The van der Waals surface area contributed by atoms with Crippen molar-refractivity contribution in [1.29, 1.82) is 0 Å².